The van der Waals surface area contributed by atoms with E-state index >= 15 is 0 Å². The normalized spacial score (nSPS) is 13.2. The monoisotopic (exact) mass is 619 g/mol. The molecule has 252 valence electrons. The molecule has 0 spiro atoms. The molecule has 1 rings (SSSR count). The molecule has 0 radical (unpaired) electrons. The molecule has 0 amide bonds. The number of aliphatic carboxylic acids is 1. The van der Waals surface area contributed by atoms with E-state index in [1.807, 2.05) is 0 Å². The summed E-state index contributed by atoms with van der Waals surface area (Å²) in [4.78, 5) is 35.1. The molecule has 44 heavy (non-hydrogen) atoms. The fourth-order valence-electron chi connectivity index (χ4n) is 5.99. The van der Waals surface area contributed by atoms with Crippen LogP contribution in [0.1, 0.15) is 162 Å². The van der Waals surface area contributed by atoms with Gasteiger partial charge in [-0.25, -0.2) is 4.79 Å². The third-order valence-corrected chi connectivity index (χ3v) is 8.68. The minimum atomic E-state index is -0.778. The summed E-state index contributed by atoms with van der Waals surface area (Å²) in [5, 5.41) is 20.9. The van der Waals surface area contributed by atoms with Gasteiger partial charge in [-0.1, -0.05) is 117 Å². The third kappa shape index (κ3) is 18.9. The Bertz CT molecular complexity index is 889. The molecule has 1 aromatic rings. The number of nitro groups is 1. The summed E-state index contributed by atoms with van der Waals surface area (Å²) in [7, 11) is 0. The molecule has 0 saturated heterocycles. The molecular weight excluding hydrogens is 558 g/mol. The maximum absolute atomic E-state index is 12.5. The van der Waals surface area contributed by atoms with E-state index in [1.165, 1.54) is 49.9 Å². The summed E-state index contributed by atoms with van der Waals surface area (Å²) in [5.74, 6) is -0.391. The minimum absolute atomic E-state index is 0.0666. The van der Waals surface area contributed by atoms with Crippen LogP contribution in [0.5, 0.6) is 5.75 Å². The molecule has 3 unspecified atom stereocenters. The van der Waals surface area contributed by atoms with Crippen LogP contribution >= 0.6 is 0 Å². The van der Waals surface area contributed by atoms with Gasteiger partial charge >= 0.3 is 12.1 Å². The Morgan fingerprint density at radius 3 is 1.64 bits per heavy atom. The Hall–Kier alpha value is -2.64. The zero-order valence-corrected chi connectivity index (χ0v) is 27.9. The zero-order valence-electron chi connectivity index (χ0n) is 27.9. The Morgan fingerprint density at radius 2 is 1.11 bits per heavy atom. The van der Waals surface area contributed by atoms with E-state index < -0.39 is 17.0 Å². The number of carboxylic acids is 1. The molecule has 0 aliphatic rings. The van der Waals surface area contributed by atoms with Crippen LogP contribution in [0.25, 0.3) is 0 Å². The summed E-state index contributed by atoms with van der Waals surface area (Å²) in [6.07, 6.45) is 22.2. The van der Waals surface area contributed by atoms with E-state index in [9.17, 15) is 24.8 Å². The highest BCUT2D eigenvalue weighted by molar-refractivity contribution is 5.70. The minimum Gasteiger partial charge on any atom is -0.481 e. The Morgan fingerprint density at radius 1 is 0.682 bits per heavy atom. The Balaban J connectivity index is 2.56. The molecule has 1 aromatic carbocycles. The summed E-state index contributed by atoms with van der Waals surface area (Å²) in [6.45, 7) is 6.57. The van der Waals surface area contributed by atoms with Crippen LogP contribution in [0.3, 0.4) is 0 Å². The number of rotatable bonds is 28. The van der Waals surface area contributed by atoms with Crippen LogP contribution in [0, 0.1) is 22.0 Å². The van der Waals surface area contributed by atoms with Crippen molar-refractivity contribution < 1.29 is 29.1 Å². The van der Waals surface area contributed by atoms with Crippen molar-refractivity contribution in [2.75, 3.05) is 0 Å². The van der Waals surface area contributed by atoms with Crippen molar-refractivity contribution in [3.8, 4) is 5.75 Å². The first-order valence-electron chi connectivity index (χ1n) is 17.7. The molecule has 1 N–H and O–H groups in total. The van der Waals surface area contributed by atoms with Gasteiger partial charge in [-0.15, -0.1) is 0 Å². The number of nitrogens with zero attached hydrogens (tertiary/aromatic N) is 1. The SMILES string of the molecule is CCCCCCCCC(C(=O)O)C(CCCCC)CCCCCCC(CCCCCC)OC(=O)Oc1ccc([N+](=O)[O-])cc1. The molecule has 0 fully saturated rings. The van der Waals surface area contributed by atoms with Gasteiger partial charge in [0.25, 0.3) is 5.69 Å². The van der Waals surface area contributed by atoms with Crippen molar-refractivity contribution in [1.29, 1.82) is 0 Å². The van der Waals surface area contributed by atoms with Gasteiger partial charge in [0, 0.05) is 12.1 Å². The molecule has 8 heteroatoms. The molecule has 0 heterocycles. The first-order chi connectivity index (χ1) is 21.3. The number of hydrogen-bond donors (Lipinski definition) is 1. The van der Waals surface area contributed by atoms with Gasteiger partial charge in [-0.05, 0) is 63.0 Å². The quantitative estimate of drug-likeness (QED) is 0.0326. The fraction of sp³-hybridized carbons (Fsp3) is 0.778. The van der Waals surface area contributed by atoms with Crippen LogP contribution in [0.4, 0.5) is 10.5 Å². The number of benzene rings is 1. The maximum atomic E-state index is 12.5. The second kappa shape index (κ2) is 25.7. The lowest BCUT2D eigenvalue weighted by Gasteiger charge is -2.24. The number of non-ortho nitro benzene ring substituents is 1. The number of ether oxygens (including phenoxy) is 2. The highest BCUT2D eigenvalue weighted by Gasteiger charge is 2.27. The Labute approximate surface area is 266 Å². The molecular formula is C36H61NO7. The summed E-state index contributed by atoms with van der Waals surface area (Å²) < 4.78 is 11.0. The molecule has 0 aliphatic heterocycles. The van der Waals surface area contributed by atoms with E-state index in [0.717, 1.165) is 116 Å². The first-order valence-corrected chi connectivity index (χ1v) is 17.7. The average molecular weight is 620 g/mol. The maximum Gasteiger partial charge on any atom is 0.514 e. The number of carboxylic acid groups (broad SMARTS) is 1. The van der Waals surface area contributed by atoms with E-state index in [-0.39, 0.29) is 29.4 Å². The second-order valence-corrected chi connectivity index (χ2v) is 12.4. The van der Waals surface area contributed by atoms with E-state index in [1.54, 1.807) is 0 Å². The number of carbonyl (C=O) groups is 2. The van der Waals surface area contributed by atoms with Crippen molar-refractivity contribution in [2.45, 2.75) is 168 Å². The number of nitro benzene ring substituents is 1. The fourth-order valence-corrected chi connectivity index (χ4v) is 5.99. The predicted molar refractivity (Wildman–Crippen MR) is 177 cm³/mol. The van der Waals surface area contributed by atoms with Crippen molar-refractivity contribution in [2.24, 2.45) is 11.8 Å². The zero-order chi connectivity index (χ0) is 32.4. The lowest BCUT2D eigenvalue weighted by molar-refractivity contribution is -0.384. The topological polar surface area (TPSA) is 116 Å². The molecule has 0 aliphatic carbocycles. The predicted octanol–water partition coefficient (Wildman–Crippen LogP) is 11.4. The first kappa shape index (κ1) is 39.4. The largest absolute Gasteiger partial charge is 0.514 e. The van der Waals surface area contributed by atoms with Gasteiger partial charge in [-0.2, -0.15) is 0 Å². The summed E-state index contributed by atoms with van der Waals surface area (Å²) in [6, 6.07) is 5.39. The third-order valence-electron chi connectivity index (χ3n) is 8.68. The standard InChI is InChI=1S/C36H61NO7/c1-4-7-10-12-13-20-25-34(35(38)39)30(21-16-9-6-3)22-17-14-15-19-24-32(23-18-11-8-5-2)43-36(40)44-33-28-26-31(27-29-33)37(41)42/h26-30,32,34H,4-25H2,1-3H3,(H,38,39). The van der Waals surface area contributed by atoms with Crippen LogP contribution in [-0.4, -0.2) is 28.3 Å². The van der Waals surface area contributed by atoms with Crippen molar-refractivity contribution >= 4 is 17.8 Å². The van der Waals surface area contributed by atoms with Crippen LogP contribution < -0.4 is 4.74 Å². The van der Waals surface area contributed by atoms with E-state index in [2.05, 4.69) is 20.8 Å². The number of unbranched alkanes of at least 4 members (excludes halogenated alkanes) is 13. The highest BCUT2D eigenvalue weighted by atomic mass is 16.7. The van der Waals surface area contributed by atoms with Gasteiger partial charge in [0.05, 0.1) is 10.8 Å². The van der Waals surface area contributed by atoms with Gasteiger partial charge in [0.2, 0.25) is 0 Å². The lowest BCUT2D eigenvalue weighted by Crippen LogP contribution is -2.24. The summed E-state index contributed by atoms with van der Waals surface area (Å²) >= 11 is 0. The van der Waals surface area contributed by atoms with Gasteiger partial charge in [0.15, 0.2) is 0 Å². The smallest absolute Gasteiger partial charge is 0.481 e. The van der Waals surface area contributed by atoms with E-state index in [0.29, 0.717) is 0 Å². The number of carbonyl (C=O) groups excluding carboxylic acids is 1. The molecule has 3 atom stereocenters. The second-order valence-electron chi connectivity index (χ2n) is 12.4. The van der Waals surface area contributed by atoms with E-state index in [4.69, 9.17) is 9.47 Å². The van der Waals surface area contributed by atoms with Gasteiger partial charge in [0.1, 0.15) is 11.9 Å². The molecule has 8 nitrogen and oxygen atoms in total. The van der Waals surface area contributed by atoms with Crippen molar-refractivity contribution in [1.82, 2.24) is 0 Å². The molecule has 0 bridgehead atoms. The Kier molecular flexibility index (Phi) is 23.0. The van der Waals surface area contributed by atoms with Crippen LogP contribution in [0.2, 0.25) is 0 Å². The van der Waals surface area contributed by atoms with Crippen molar-refractivity contribution in [3.63, 3.8) is 0 Å². The van der Waals surface area contributed by atoms with Gasteiger partial charge < -0.3 is 14.6 Å². The average Bonchev–Trinajstić information content (AvgIpc) is 3.00. The number of hydrogen-bond acceptors (Lipinski definition) is 6. The van der Waals surface area contributed by atoms with Gasteiger partial charge in [-0.3, -0.25) is 14.9 Å². The molecule has 0 saturated carbocycles. The molecule has 0 aromatic heterocycles. The highest BCUT2D eigenvalue weighted by Crippen LogP contribution is 2.30. The summed E-state index contributed by atoms with van der Waals surface area (Å²) in [5.41, 5.74) is -0.0666. The lowest BCUT2D eigenvalue weighted by atomic mass is 9.80. The van der Waals surface area contributed by atoms with Crippen LogP contribution in [-0.2, 0) is 9.53 Å². The van der Waals surface area contributed by atoms with Crippen molar-refractivity contribution in [3.05, 3.63) is 34.4 Å². The van der Waals surface area contributed by atoms with Crippen LogP contribution in [0.15, 0.2) is 24.3 Å².